The molecule has 0 aliphatic carbocycles. The number of guanidine groups is 1. The van der Waals surface area contributed by atoms with Crippen molar-refractivity contribution in [3.8, 4) is 0 Å². The van der Waals surface area contributed by atoms with Crippen LogP contribution in [-0.4, -0.2) is 64.6 Å². The lowest BCUT2D eigenvalue weighted by molar-refractivity contribution is 0.157. The van der Waals surface area contributed by atoms with Crippen molar-refractivity contribution in [3.63, 3.8) is 0 Å². The fourth-order valence-corrected chi connectivity index (χ4v) is 2.54. The third kappa shape index (κ3) is 8.31. The van der Waals surface area contributed by atoms with Gasteiger partial charge in [0.2, 0.25) is 0 Å². The van der Waals surface area contributed by atoms with E-state index in [9.17, 15) is 8.42 Å². The van der Waals surface area contributed by atoms with E-state index in [-0.39, 0.29) is 12.4 Å². The van der Waals surface area contributed by atoms with E-state index < -0.39 is 9.84 Å². The van der Waals surface area contributed by atoms with Crippen LogP contribution in [0.1, 0.15) is 18.1 Å². The molecule has 0 saturated carbocycles. The van der Waals surface area contributed by atoms with Gasteiger partial charge < -0.3 is 15.0 Å². The molecule has 0 amide bonds. The molecular formula is C17H29N3O3S. The monoisotopic (exact) mass is 355 g/mol. The molecule has 1 aromatic carbocycles. The van der Waals surface area contributed by atoms with Crippen LogP contribution in [0.3, 0.4) is 0 Å². The van der Waals surface area contributed by atoms with Gasteiger partial charge in [0.15, 0.2) is 5.96 Å². The summed E-state index contributed by atoms with van der Waals surface area (Å²) in [5.74, 6) is 0.858. The summed E-state index contributed by atoms with van der Waals surface area (Å²) in [6.45, 7) is 6.79. The molecule has 1 rings (SSSR count). The van der Waals surface area contributed by atoms with Gasteiger partial charge in [0.05, 0.1) is 25.5 Å². The minimum atomic E-state index is -2.97. The first-order chi connectivity index (χ1) is 11.3. The standard InChI is InChI=1S/C17H29N3O3S/c1-5-18-17(19-10-11-23-12-13-24(4,21)22)20(3)14-16-9-7-6-8-15(16)2/h6-9H,5,10-14H2,1-4H3,(H,18,19). The Morgan fingerprint density at radius 3 is 2.62 bits per heavy atom. The molecule has 0 atom stereocenters. The van der Waals surface area contributed by atoms with Gasteiger partial charge in [-0.05, 0) is 25.0 Å². The molecule has 0 aromatic heterocycles. The van der Waals surface area contributed by atoms with Crippen molar-refractivity contribution in [1.29, 1.82) is 0 Å². The summed E-state index contributed by atoms with van der Waals surface area (Å²) < 4.78 is 27.4. The highest BCUT2D eigenvalue weighted by Gasteiger charge is 2.08. The first-order valence-corrected chi connectivity index (χ1v) is 10.2. The number of sulfone groups is 1. The predicted octanol–water partition coefficient (Wildman–Crippen LogP) is 1.45. The van der Waals surface area contributed by atoms with Crippen molar-refractivity contribution in [2.45, 2.75) is 20.4 Å². The fraction of sp³-hybridized carbons (Fsp3) is 0.588. The quantitative estimate of drug-likeness (QED) is 0.412. The van der Waals surface area contributed by atoms with E-state index in [1.54, 1.807) is 0 Å². The Morgan fingerprint density at radius 1 is 1.29 bits per heavy atom. The van der Waals surface area contributed by atoms with E-state index in [1.165, 1.54) is 17.4 Å². The maximum absolute atomic E-state index is 11.0. The number of hydrogen-bond donors (Lipinski definition) is 1. The first kappa shape index (κ1) is 20.4. The van der Waals surface area contributed by atoms with Crippen molar-refractivity contribution < 1.29 is 13.2 Å². The number of nitrogens with zero attached hydrogens (tertiary/aromatic N) is 2. The van der Waals surface area contributed by atoms with Gasteiger partial charge in [0, 0.05) is 26.4 Å². The number of ether oxygens (including phenoxy) is 1. The molecule has 0 bridgehead atoms. The van der Waals surface area contributed by atoms with Crippen LogP contribution in [0.4, 0.5) is 0 Å². The van der Waals surface area contributed by atoms with Crippen molar-refractivity contribution >= 4 is 15.8 Å². The Labute approximate surface area is 145 Å². The third-order valence-electron chi connectivity index (χ3n) is 3.46. The number of aliphatic imine (C=N–C) groups is 1. The van der Waals surface area contributed by atoms with E-state index >= 15 is 0 Å². The van der Waals surface area contributed by atoms with Crippen LogP contribution in [0.25, 0.3) is 0 Å². The second-order valence-corrected chi connectivity index (χ2v) is 8.02. The molecule has 7 heteroatoms. The van der Waals surface area contributed by atoms with Crippen molar-refractivity contribution in [1.82, 2.24) is 10.2 Å². The second-order valence-electron chi connectivity index (χ2n) is 5.76. The first-order valence-electron chi connectivity index (χ1n) is 8.13. The number of aryl methyl sites for hydroxylation is 1. The Hall–Kier alpha value is -1.60. The topological polar surface area (TPSA) is 71.0 Å². The summed E-state index contributed by atoms with van der Waals surface area (Å²) >= 11 is 0. The third-order valence-corrected chi connectivity index (χ3v) is 4.37. The molecule has 0 aliphatic heterocycles. The Morgan fingerprint density at radius 2 is 2.00 bits per heavy atom. The van der Waals surface area contributed by atoms with Gasteiger partial charge in [-0.25, -0.2) is 8.42 Å². The highest BCUT2D eigenvalue weighted by Crippen LogP contribution is 2.09. The van der Waals surface area contributed by atoms with E-state index in [0.717, 1.165) is 19.0 Å². The summed E-state index contributed by atoms with van der Waals surface area (Å²) in [4.78, 5) is 6.60. The number of nitrogens with one attached hydrogen (secondary N) is 1. The van der Waals surface area contributed by atoms with Crippen LogP contribution in [0.15, 0.2) is 29.3 Å². The minimum absolute atomic E-state index is 0.0456. The molecular weight excluding hydrogens is 326 g/mol. The van der Waals surface area contributed by atoms with Gasteiger partial charge in [-0.15, -0.1) is 0 Å². The highest BCUT2D eigenvalue weighted by molar-refractivity contribution is 7.90. The van der Waals surface area contributed by atoms with E-state index in [0.29, 0.717) is 13.2 Å². The zero-order valence-electron chi connectivity index (χ0n) is 15.1. The normalized spacial score (nSPS) is 12.2. The van der Waals surface area contributed by atoms with Crippen molar-refractivity contribution in [3.05, 3.63) is 35.4 Å². The van der Waals surface area contributed by atoms with Crippen LogP contribution in [0, 0.1) is 6.92 Å². The lowest BCUT2D eigenvalue weighted by atomic mass is 10.1. The Balaban J connectivity index is 2.50. The van der Waals surface area contributed by atoms with Crippen molar-refractivity contribution in [2.75, 3.05) is 45.4 Å². The van der Waals surface area contributed by atoms with Crippen LogP contribution >= 0.6 is 0 Å². The minimum Gasteiger partial charge on any atom is -0.378 e. The molecule has 1 aromatic rings. The summed E-state index contributed by atoms with van der Waals surface area (Å²) in [5, 5.41) is 3.26. The molecule has 0 heterocycles. The zero-order valence-corrected chi connectivity index (χ0v) is 15.9. The molecule has 0 aliphatic rings. The van der Waals surface area contributed by atoms with Gasteiger partial charge in [-0.1, -0.05) is 24.3 Å². The van der Waals surface area contributed by atoms with E-state index in [2.05, 4.69) is 34.3 Å². The van der Waals surface area contributed by atoms with Crippen LogP contribution in [0.5, 0.6) is 0 Å². The highest BCUT2D eigenvalue weighted by atomic mass is 32.2. The van der Waals surface area contributed by atoms with Gasteiger partial charge in [0.1, 0.15) is 9.84 Å². The fourth-order valence-electron chi connectivity index (χ4n) is 2.12. The van der Waals surface area contributed by atoms with Gasteiger partial charge in [-0.2, -0.15) is 0 Å². The molecule has 0 unspecified atom stereocenters. The second kappa shape index (κ2) is 10.3. The molecule has 0 fully saturated rings. The largest absolute Gasteiger partial charge is 0.378 e. The molecule has 1 N–H and O–H groups in total. The van der Waals surface area contributed by atoms with Crippen molar-refractivity contribution in [2.24, 2.45) is 4.99 Å². The maximum Gasteiger partial charge on any atom is 0.194 e. The summed E-state index contributed by atoms with van der Waals surface area (Å²) in [6, 6.07) is 8.29. The number of benzene rings is 1. The van der Waals surface area contributed by atoms with E-state index in [4.69, 9.17) is 4.74 Å². The van der Waals surface area contributed by atoms with E-state index in [1.807, 2.05) is 26.1 Å². The lowest BCUT2D eigenvalue weighted by Crippen LogP contribution is -2.38. The average Bonchev–Trinajstić information content (AvgIpc) is 2.50. The molecule has 0 radical (unpaired) electrons. The molecule has 136 valence electrons. The molecule has 24 heavy (non-hydrogen) atoms. The van der Waals surface area contributed by atoms with Crippen LogP contribution in [-0.2, 0) is 21.1 Å². The summed E-state index contributed by atoms with van der Waals surface area (Å²) in [5.41, 5.74) is 2.51. The lowest BCUT2D eigenvalue weighted by Gasteiger charge is -2.23. The Kier molecular flexibility index (Phi) is 8.78. The maximum atomic E-state index is 11.0. The predicted molar refractivity (Wildman–Crippen MR) is 99.2 cm³/mol. The van der Waals surface area contributed by atoms with Gasteiger partial charge in [-0.3, -0.25) is 4.99 Å². The number of rotatable bonds is 9. The van der Waals surface area contributed by atoms with Gasteiger partial charge >= 0.3 is 0 Å². The molecule has 6 nitrogen and oxygen atoms in total. The average molecular weight is 356 g/mol. The zero-order chi connectivity index (χ0) is 18.0. The molecule has 0 spiro atoms. The smallest absolute Gasteiger partial charge is 0.194 e. The SMILES string of the molecule is CCNC(=NCCOCCS(C)(=O)=O)N(C)Cc1ccccc1C. The van der Waals surface area contributed by atoms with Gasteiger partial charge in [0.25, 0.3) is 0 Å². The number of hydrogen-bond acceptors (Lipinski definition) is 4. The summed E-state index contributed by atoms with van der Waals surface area (Å²) in [6.07, 6.45) is 1.21. The Bertz CT molecular complexity index is 630. The molecule has 0 saturated heterocycles. The van der Waals surface area contributed by atoms with Crippen LogP contribution in [0.2, 0.25) is 0 Å². The summed E-state index contributed by atoms with van der Waals surface area (Å²) in [7, 11) is -0.971. The van der Waals surface area contributed by atoms with Crippen LogP contribution < -0.4 is 5.32 Å².